The van der Waals surface area contributed by atoms with Crippen LogP contribution in [0.4, 0.5) is 5.69 Å². The number of unbranched alkanes of at least 4 members (excludes halogenated alkanes) is 1. The van der Waals surface area contributed by atoms with Crippen LogP contribution < -0.4 is 11.1 Å². The van der Waals surface area contributed by atoms with Crippen molar-refractivity contribution in [2.45, 2.75) is 39.2 Å². The Morgan fingerprint density at radius 2 is 2.10 bits per heavy atom. The highest BCUT2D eigenvalue weighted by Gasteiger charge is 2.14. The van der Waals surface area contributed by atoms with Gasteiger partial charge in [0.25, 0.3) is 0 Å². The zero-order valence-electron chi connectivity index (χ0n) is 12.2. The first-order chi connectivity index (χ1) is 9.49. The van der Waals surface area contributed by atoms with Crippen molar-refractivity contribution in [3.8, 4) is 0 Å². The lowest BCUT2D eigenvalue weighted by Crippen LogP contribution is -2.35. The lowest BCUT2D eigenvalue weighted by molar-refractivity contribution is -0.117. The van der Waals surface area contributed by atoms with Gasteiger partial charge in [0.15, 0.2) is 0 Å². The number of esters is 1. The van der Waals surface area contributed by atoms with Gasteiger partial charge in [0.05, 0.1) is 18.7 Å². The molecule has 0 radical (unpaired) electrons. The quantitative estimate of drug-likeness (QED) is 0.782. The lowest BCUT2D eigenvalue weighted by atomic mass is 10.1. The number of ether oxygens (including phenoxy) is 1. The molecule has 1 amide bonds. The van der Waals surface area contributed by atoms with Gasteiger partial charge in [-0.25, -0.2) is 4.79 Å². The van der Waals surface area contributed by atoms with Gasteiger partial charge in [-0.2, -0.15) is 0 Å². The molecular weight excluding hydrogens is 256 g/mol. The number of amides is 1. The van der Waals surface area contributed by atoms with E-state index in [0.29, 0.717) is 17.7 Å². The Bertz CT molecular complexity index is 486. The number of hydrogen-bond donors (Lipinski definition) is 2. The van der Waals surface area contributed by atoms with E-state index in [2.05, 4.69) is 17.0 Å². The topological polar surface area (TPSA) is 81.4 Å². The highest BCUT2D eigenvalue weighted by Crippen LogP contribution is 2.17. The van der Waals surface area contributed by atoms with Crippen molar-refractivity contribution < 1.29 is 14.3 Å². The van der Waals surface area contributed by atoms with Gasteiger partial charge in [-0.05, 0) is 37.1 Å². The molecule has 0 saturated heterocycles. The Morgan fingerprint density at radius 1 is 1.40 bits per heavy atom. The number of aryl methyl sites for hydroxylation is 1. The summed E-state index contributed by atoms with van der Waals surface area (Å²) >= 11 is 0. The highest BCUT2D eigenvalue weighted by molar-refractivity contribution is 5.96. The van der Waals surface area contributed by atoms with Crippen molar-refractivity contribution in [3.63, 3.8) is 0 Å². The van der Waals surface area contributed by atoms with Crippen LogP contribution in [0, 0.1) is 6.92 Å². The number of nitrogens with two attached hydrogens (primary N) is 1. The van der Waals surface area contributed by atoms with Gasteiger partial charge < -0.3 is 15.8 Å². The second kappa shape index (κ2) is 7.65. The molecule has 0 aromatic heterocycles. The normalized spacial score (nSPS) is 11.8. The van der Waals surface area contributed by atoms with E-state index in [1.54, 1.807) is 18.2 Å². The fourth-order valence-electron chi connectivity index (χ4n) is 1.83. The van der Waals surface area contributed by atoms with Crippen molar-refractivity contribution in [3.05, 3.63) is 29.3 Å². The molecule has 3 N–H and O–H groups in total. The fourth-order valence-corrected chi connectivity index (χ4v) is 1.83. The van der Waals surface area contributed by atoms with E-state index >= 15 is 0 Å². The highest BCUT2D eigenvalue weighted by atomic mass is 16.5. The number of anilines is 1. The number of hydrogen-bond acceptors (Lipinski definition) is 4. The van der Waals surface area contributed by atoms with Crippen LogP contribution in [0.15, 0.2) is 18.2 Å². The molecule has 0 fully saturated rings. The van der Waals surface area contributed by atoms with E-state index in [1.807, 2.05) is 6.92 Å². The molecule has 1 atom stereocenters. The molecule has 5 heteroatoms. The van der Waals surface area contributed by atoms with Crippen molar-refractivity contribution >= 4 is 17.6 Å². The van der Waals surface area contributed by atoms with Crippen LogP contribution in [0.3, 0.4) is 0 Å². The Labute approximate surface area is 119 Å². The molecule has 0 aliphatic carbocycles. The molecule has 0 spiro atoms. The van der Waals surface area contributed by atoms with Crippen LogP contribution >= 0.6 is 0 Å². The van der Waals surface area contributed by atoms with Crippen molar-refractivity contribution in [1.29, 1.82) is 0 Å². The molecule has 1 aromatic carbocycles. The van der Waals surface area contributed by atoms with E-state index in [-0.39, 0.29) is 5.91 Å². The SMILES string of the molecule is CCCC[C@H](N)C(=O)Nc1ccc(C(=O)OC)cc1C. The third-order valence-electron chi connectivity index (χ3n) is 3.11. The standard InChI is InChI=1S/C15H22N2O3/c1-4-5-6-12(16)14(18)17-13-8-7-11(9-10(13)2)15(19)20-3/h7-9,12H,4-6,16H2,1-3H3,(H,17,18)/t12-/m0/s1. The van der Waals surface area contributed by atoms with Crippen LogP contribution in [0.25, 0.3) is 0 Å². The van der Waals surface area contributed by atoms with Crippen LogP contribution in [0.2, 0.25) is 0 Å². The van der Waals surface area contributed by atoms with E-state index in [0.717, 1.165) is 18.4 Å². The molecule has 110 valence electrons. The number of methoxy groups -OCH3 is 1. The average Bonchev–Trinajstić information content (AvgIpc) is 2.45. The van der Waals surface area contributed by atoms with Gasteiger partial charge in [0, 0.05) is 5.69 Å². The Hall–Kier alpha value is -1.88. The maximum Gasteiger partial charge on any atom is 0.337 e. The minimum Gasteiger partial charge on any atom is -0.465 e. The van der Waals surface area contributed by atoms with Crippen molar-refractivity contribution in [1.82, 2.24) is 0 Å². The minimum absolute atomic E-state index is 0.202. The zero-order chi connectivity index (χ0) is 15.1. The molecule has 20 heavy (non-hydrogen) atoms. The molecule has 0 aliphatic heterocycles. The molecule has 0 heterocycles. The van der Waals surface area contributed by atoms with Gasteiger partial charge in [0.1, 0.15) is 0 Å². The summed E-state index contributed by atoms with van der Waals surface area (Å²) in [6.45, 7) is 3.87. The summed E-state index contributed by atoms with van der Waals surface area (Å²) in [5.74, 6) is -0.599. The number of benzene rings is 1. The number of nitrogens with one attached hydrogen (secondary N) is 1. The Kier molecular flexibility index (Phi) is 6.18. The molecule has 0 bridgehead atoms. The summed E-state index contributed by atoms with van der Waals surface area (Å²) < 4.78 is 4.65. The Morgan fingerprint density at radius 3 is 2.65 bits per heavy atom. The number of carbonyl (C=O) groups is 2. The van der Waals surface area contributed by atoms with Gasteiger partial charge >= 0.3 is 5.97 Å². The van der Waals surface area contributed by atoms with Crippen molar-refractivity contribution in [2.24, 2.45) is 5.73 Å². The molecule has 0 unspecified atom stereocenters. The summed E-state index contributed by atoms with van der Waals surface area (Å²) in [5.41, 5.74) is 7.73. The van der Waals surface area contributed by atoms with E-state index in [9.17, 15) is 9.59 Å². The molecule has 1 aromatic rings. The second-order valence-corrected chi connectivity index (χ2v) is 4.76. The number of carbonyl (C=O) groups excluding carboxylic acids is 2. The second-order valence-electron chi connectivity index (χ2n) is 4.76. The van der Waals surface area contributed by atoms with Crippen molar-refractivity contribution in [2.75, 3.05) is 12.4 Å². The number of rotatable bonds is 6. The van der Waals surface area contributed by atoms with E-state index < -0.39 is 12.0 Å². The summed E-state index contributed by atoms with van der Waals surface area (Å²) in [7, 11) is 1.33. The fraction of sp³-hybridized carbons (Fsp3) is 0.467. The minimum atomic E-state index is -0.505. The summed E-state index contributed by atoms with van der Waals surface area (Å²) in [6, 6.07) is 4.48. The smallest absolute Gasteiger partial charge is 0.337 e. The van der Waals surface area contributed by atoms with Crippen LogP contribution in [-0.4, -0.2) is 25.0 Å². The first kappa shape index (κ1) is 16.2. The van der Waals surface area contributed by atoms with Crippen LogP contribution in [0.1, 0.15) is 42.1 Å². The summed E-state index contributed by atoms with van der Waals surface area (Å²) in [6.07, 6.45) is 2.60. The van der Waals surface area contributed by atoms with Gasteiger partial charge in [0.2, 0.25) is 5.91 Å². The maximum absolute atomic E-state index is 11.9. The van der Waals surface area contributed by atoms with E-state index in [4.69, 9.17) is 5.73 Å². The molecule has 5 nitrogen and oxygen atoms in total. The molecular formula is C15H22N2O3. The first-order valence-corrected chi connectivity index (χ1v) is 6.75. The van der Waals surface area contributed by atoms with Gasteiger partial charge in [-0.3, -0.25) is 4.79 Å². The van der Waals surface area contributed by atoms with Gasteiger partial charge in [-0.15, -0.1) is 0 Å². The third-order valence-corrected chi connectivity index (χ3v) is 3.11. The Balaban J connectivity index is 2.73. The first-order valence-electron chi connectivity index (χ1n) is 6.75. The van der Waals surface area contributed by atoms with Crippen LogP contribution in [0.5, 0.6) is 0 Å². The molecule has 0 saturated carbocycles. The monoisotopic (exact) mass is 278 g/mol. The maximum atomic E-state index is 11.9. The van der Waals surface area contributed by atoms with Crippen LogP contribution in [-0.2, 0) is 9.53 Å². The summed E-state index contributed by atoms with van der Waals surface area (Å²) in [4.78, 5) is 23.3. The predicted molar refractivity (Wildman–Crippen MR) is 78.6 cm³/mol. The van der Waals surface area contributed by atoms with E-state index in [1.165, 1.54) is 7.11 Å². The van der Waals surface area contributed by atoms with Gasteiger partial charge in [-0.1, -0.05) is 19.8 Å². The average molecular weight is 278 g/mol. The molecule has 1 rings (SSSR count). The lowest BCUT2D eigenvalue weighted by Gasteiger charge is -2.14. The zero-order valence-corrected chi connectivity index (χ0v) is 12.2. The molecule has 0 aliphatic rings. The summed E-state index contributed by atoms with van der Waals surface area (Å²) in [5, 5.41) is 2.79. The predicted octanol–water partition coefficient (Wildman–Crippen LogP) is 2.24. The third kappa shape index (κ3) is 4.35. The largest absolute Gasteiger partial charge is 0.465 e.